The van der Waals surface area contributed by atoms with Crippen molar-refractivity contribution in [1.29, 1.82) is 0 Å². The fourth-order valence-electron chi connectivity index (χ4n) is 2.89. The number of anilines is 1. The van der Waals surface area contributed by atoms with E-state index in [4.69, 9.17) is 11.6 Å². The number of nitrogens with one attached hydrogen (secondary N) is 1. The molecule has 1 aromatic carbocycles. The van der Waals surface area contributed by atoms with Gasteiger partial charge in [-0.2, -0.15) is 0 Å². The first-order valence-electron chi connectivity index (χ1n) is 8.18. The van der Waals surface area contributed by atoms with Crippen molar-refractivity contribution in [2.24, 2.45) is 5.92 Å². The number of amides is 1. The molecule has 2 heterocycles. The highest BCUT2D eigenvalue weighted by molar-refractivity contribution is 6.33. The molecule has 3 rings (SSSR count). The molecular weight excluding hydrogens is 324 g/mol. The van der Waals surface area contributed by atoms with Gasteiger partial charge in [0.1, 0.15) is 5.82 Å². The summed E-state index contributed by atoms with van der Waals surface area (Å²) in [7, 11) is 0. The zero-order valence-corrected chi connectivity index (χ0v) is 14.5. The lowest BCUT2D eigenvalue weighted by atomic mass is 10.1. The van der Waals surface area contributed by atoms with Crippen LogP contribution in [0.4, 0.5) is 5.69 Å². The Morgan fingerprint density at radius 2 is 2.08 bits per heavy atom. The molecule has 126 valence electrons. The topological polar surface area (TPSA) is 58.1 Å². The second-order valence-corrected chi connectivity index (χ2v) is 6.51. The van der Waals surface area contributed by atoms with Crippen molar-refractivity contribution in [3.8, 4) is 0 Å². The van der Waals surface area contributed by atoms with E-state index in [1.54, 1.807) is 12.4 Å². The number of hydrogen-bond donors (Lipinski definition) is 1. The average molecular weight is 345 g/mol. The molecule has 1 fully saturated rings. The molecule has 1 amide bonds. The molecule has 0 unspecified atom stereocenters. The summed E-state index contributed by atoms with van der Waals surface area (Å²) in [6, 6.07) is 7.76. The molecule has 0 spiro atoms. The lowest BCUT2D eigenvalue weighted by molar-refractivity contribution is -0.124. The van der Waals surface area contributed by atoms with Crippen LogP contribution in [0.15, 0.2) is 36.7 Å². The number of rotatable bonds is 5. The molecule has 1 N–H and O–H groups in total. The van der Waals surface area contributed by atoms with Crippen LogP contribution in [0, 0.1) is 12.8 Å². The molecule has 2 aromatic rings. The fraction of sp³-hybridized carbons (Fsp3) is 0.389. The number of carbonyl (C=O) groups excluding carboxylic acids is 1. The molecule has 1 aromatic heterocycles. The van der Waals surface area contributed by atoms with Crippen LogP contribution in [-0.4, -0.2) is 35.5 Å². The van der Waals surface area contributed by atoms with E-state index < -0.39 is 0 Å². The summed E-state index contributed by atoms with van der Waals surface area (Å²) in [5.74, 6) is 0.849. The van der Waals surface area contributed by atoms with Crippen molar-refractivity contribution in [3.63, 3.8) is 0 Å². The standard InChI is InChI=1S/C18H21ClN4O/c1-13-10-21-17(22-11-13)6-8-20-18(24)14-7-9-23(12-14)16-5-3-2-4-15(16)19/h2-5,10-11,14H,6-9,12H2,1H3,(H,20,24)/t14-/m0/s1. The van der Waals surface area contributed by atoms with Crippen LogP contribution in [0.3, 0.4) is 0 Å². The molecule has 0 aliphatic carbocycles. The van der Waals surface area contributed by atoms with E-state index in [0.29, 0.717) is 19.5 Å². The van der Waals surface area contributed by atoms with E-state index in [2.05, 4.69) is 20.2 Å². The molecule has 0 bridgehead atoms. The van der Waals surface area contributed by atoms with Gasteiger partial charge in [-0.15, -0.1) is 0 Å². The monoisotopic (exact) mass is 344 g/mol. The van der Waals surface area contributed by atoms with E-state index >= 15 is 0 Å². The van der Waals surface area contributed by atoms with Gasteiger partial charge in [0, 0.05) is 38.4 Å². The highest BCUT2D eigenvalue weighted by Crippen LogP contribution is 2.30. The van der Waals surface area contributed by atoms with Gasteiger partial charge >= 0.3 is 0 Å². The maximum Gasteiger partial charge on any atom is 0.224 e. The summed E-state index contributed by atoms with van der Waals surface area (Å²) < 4.78 is 0. The Balaban J connectivity index is 1.48. The molecule has 24 heavy (non-hydrogen) atoms. The number of halogens is 1. The van der Waals surface area contributed by atoms with E-state index in [-0.39, 0.29) is 11.8 Å². The first kappa shape index (κ1) is 16.7. The minimum absolute atomic E-state index is 0.000193. The molecule has 1 saturated heterocycles. The van der Waals surface area contributed by atoms with E-state index in [0.717, 1.165) is 35.1 Å². The Morgan fingerprint density at radius 3 is 2.83 bits per heavy atom. The third-order valence-electron chi connectivity index (χ3n) is 4.23. The molecule has 1 aliphatic rings. The van der Waals surface area contributed by atoms with Gasteiger partial charge in [-0.3, -0.25) is 4.79 Å². The first-order chi connectivity index (χ1) is 11.6. The third kappa shape index (κ3) is 4.03. The molecule has 6 heteroatoms. The molecule has 5 nitrogen and oxygen atoms in total. The highest BCUT2D eigenvalue weighted by atomic mass is 35.5. The number of hydrogen-bond acceptors (Lipinski definition) is 4. The van der Waals surface area contributed by atoms with Crippen LogP contribution in [0.1, 0.15) is 17.8 Å². The SMILES string of the molecule is Cc1cnc(CCNC(=O)[C@H]2CCN(c3ccccc3Cl)C2)nc1. The second kappa shape index (κ2) is 7.62. The minimum Gasteiger partial charge on any atom is -0.370 e. The number of carbonyl (C=O) groups is 1. The summed E-state index contributed by atoms with van der Waals surface area (Å²) in [6.45, 7) is 4.07. The zero-order chi connectivity index (χ0) is 16.9. The van der Waals surface area contributed by atoms with Crippen LogP contribution in [-0.2, 0) is 11.2 Å². The summed E-state index contributed by atoms with van der Waals surface area (Å²) in [5, 5.41) is 3.73. The Morgan fingerprint density at radius 1 is 1.33 bits per heavy atom. The molecule has 0 radical (unpaired) electrons. The Labute approximate surface area is 147 Å². The zero-order valence-electron chi connectivity index (χ0n) is 13.7. The predicted molar refractivity (Wildman–Crippen MR) is 95.3 cm³/mol. The number of para-hydroxylation sites is 1. The number of benzene rings is 1. The van der Waals surface area contributed by atoms with Crippen LogP contribution in [0.5, 0.6) is 0 Å². The third-order valence-corrected chi connectivity index (χ3v) is 4.55. The summed E-state index contributed by atoms with van der Waals surface area (Å²) in [6.07, 6.45) is 5.08. The Kier molecular flexibility index (Phi) is 5.30. The van der Waals surface area contributed by atoms with Gasteiger partial charge in [-0.1, -0.05) is 23.7 Å². The molecule has 0 saturated carbocycles. The average Bonchev–Trinajstić information content (AvgIpc) is 3.07. The lowest BCUT2D eigenvalue weighted by Crippen LogP contribution is -2.34. The van der Waals surface area contributed by atoms with E-state index in [9.17, 15) is 4.79 Å². The molecule has 1 aliphatic heterocycles. The van der Waals surface area contributed by atoms with Crippen molar-refractivity contribution in [1.82, 2.24) is 15.3 Å². The van der Waals surface area contributed by atoms with Crippen molar-refractivity contribution < 1.29 is 4.79 Å². The summed E-state index contributed by atoms with van der Waals surface area (Å²) >= 11 is 6.24. The van der Waals surface area contributed by atoms with Crippen LogP contribution < -0.4 is 10.2 Å². The largest absolute Gasteiger partial charge is 0.370 e. The predicted octanol–water partition coefficient (Wildman–Crippen LogP) is 2.62. The van der Waals surface area contributed by atoms with Crippen molar-refractivity contribution in [3.05, 3.63) is 53.1 Å². The smallest absolute Gasteiger partial charge is 0.224 e. The van der Waals surface area contributed by atoms with Gasteiger partial charge in [0.05, 0.1) is 16.6 Å². The van der Waals surface area contributed by atoms with Crippen molar-refractivity contribution in [2.45, 2.75) is 19.8 Å². The number of aromatic nitrogens is 2. The van der Waals surface area contributed by atoms with Crippen LogP contribution in [0.25, 0.3) is 0 Å². The summed E-state index contributed by atoms with van der Waals surface area (Å²) in [5.41, 5.74) is 2.04. The summed E-state index contributed by atoms with van der Waals surface area (Å²) in [4.78, 5) is 23.0. The van der Waals surface area contributed by atoms with Gasteiger partial charge < -0.3 is 10.2 Å². The normalized spacial score (nSPS) is 17.1. The van der Waals surface area contributed by atoms with Crippen molar-refractivity contribution >= 4 is 23.2 Å². The first-order valence-corrected chi connectivity index (χ1v) is 8.56. The van der Waals surface area contributed by atoms with Gasteiger partial charge in [0.25, 0.3) is 0 Å². The number of aryl methyl sites for hydroxylation is 1. The van der Waals surface area contributed by atoms with Gasteiger partial charge in [0.2, 0.25) is 5.91 Å². The van der Waals surface area contributed by atoms with Gasteiger partial charge in [-0.05, 0) is 31.0 Å². The maximum absolute atomic E-state index is 12.3. The van der Waals surface area contributed by atoms with E-state index in [1.807, 2.05) is 31.2 Å². The lowest BCUT2D eigenvalue weighted by Gasteiger charge is -2.19. The fourth-order valence-corrected chi connectivity index (χ4v) is 3.15. The maximum atomic E-state index is 12.3. The molecule has 1 atom stereocenters. The van der Waals surface area contributed by atoms with Gasteiger partial charge in [-0.25, -0.2) is 9.97 Å². The Bertz CT molecular complexity index is 704. The number of nitrogens with zero attached hydrogens (tertiary/aromatic N) is 3. The van der Waals surface area contributed by atoms with E-state index in [1.165, 1.54) is 0 Å². The van der Waals surface area contributed by atoms with Crippen LogP contribution >= 0.6 is 11.6 Å². The quantitative estimate of drug-likeness (QED) is 0.905. The van der Waals surface area contributed by atoms with Gasteiger partial charge in [0.15, 0.2) is 0 Å². The molecular formula is C18H21ClN4O. The minimum atomic E-state index is 0.000193. The van der Waals surface area contributed by atoms with Crippen molar-refractivity contribution in [2.75, 3.05) is 24.5 Å². The Hall–Kier alpha value is -2.14. The van der Waals surface area contributed by atoms with Crippen LogP contribution in [0.2, 0.25) is 5.02 Å². The second-order valence-electron chi connectivity index (χ2n) is 6.10. The highest BCUT2D eigenvalue weighted by Gasteiger charge is 2.28.